The molecule has 2 rings (SSSR count). The summed E-state index contributed by atoms with van der Waals surface area (Å²) >= 11 is 6.01. The van der Waals surface area contributed by atoms with E-state index < -0.39 is 9.84 Å². The summed E-state index contributed by atoms with van der Waals surface area (Å²) in [5.41, 5.74) is 0.107. The van der Waals surface area contributed by atoms with Gasteiger partial charge in [0, 0.05) is 12.8 Å². The SMILES string of the molecule is CC1(C)CCC(CNC(=O)c2ccc(S(C)(=O)=O)cc2Cl)O1. The minimum atomic E-state index is -3.34. The fourth-order valence-electron chi connectivity index (χ4n) is 2.43. The summed E-state index contributed by atoms with van der Waals surface area (Å²) in [6.07, 6.45) is 2.94. The third kappa shape index (κ3) is 4.21. The van der Waals surface area contributed by atoms with Crippen LogP contribution in [0.2, 0.25) is 5.02 Å². The van der Waals surface area contributed by atoms with Crippen molar-refractivity contribution in [3.05, 3.63) is 28.8 Å². The van der Waals surface area contributed by atoms with E-state index in [0.29, 0.717) is 6.54 Å². The van der Waals surface area contributed by atoms with Crippen LogP contribution in [0.1, 0.15) is 37.0 Å². The highest BCUT2D eigenvalue weighted by molar-refractivity contribution is 7.90. The number of benzene rings is 1. The molecule has 0 bridgehead atoms. The molecule has 1 aromatic rings. The van der Waals surface area contributed by atoms with Crippen molar-refractivity contribution in [3.63, 3.8) is 0 Å². The first-order valence-electron chi connectivity index (χ1n) is 7.04. The van der Waals surface area contributed by atoms with Gasteiger partial charge in [-0.15, -0.1) is 0 Å². The van der Waals surface area contributed by atoms with Gasteiger partial charge < -0.3 is 10.1 Å². The zero-order valence-electron chi connectivity index (χ0n) is 12.8. The average Bonchev–Trinajstić information content (AvgIpc) is 2.74. The minimum Gasteiger partial charge on any atom is -0.371 e. The van der Waals surface area contributed by atoms with Crippen molar-refractivity contribution in [2.45, 2.75) is 43.3 Å². The van der Waals surface area contributed by atoms with Crippen molar-refractivity contribution in [2.24, 2.45) is 0 Å². The second kappa shape index (κ2) is 6.18. The standard InChI is InChI=1S/C15H20ClNO4S/c1-15(2)7-6-10(21-15)9-17-14(18)12-5-4-11(8-13(12)16)22(3,19)20/h4-5,8,10H,6-7,9H2,1-3H3,(H,17,18). The molecular formula is C15H20ClNO4S. The van der Waals surface area contributed by atoms with E-state index in [9.17, 15) is 13.2 Å². The Morgan fingerprint density at radius 3 is 2.64 bits per heavy atom. The Kier molecular flexibility index (Phi) is 4.84. The molecular weight excluding hydrogens is 326 g/mol. The van der Waals surface area contributed by atoms with E-state index in [1.54, 1.807) is 0 Å². The summed E-state index contributed by atoms with van der Waals surface area (Å²) in [7, 11) is -3.34. The van der Waals surface area contributed by atoms with E-state index in [-0.39, 0.29) is 33.1 Å². The summed E-state index contributed by atoms with van der Waals surface area (Å²) in [4.78, 5) is 12.2. The summed E-state index contributed by atoms with van der Waals surface area (Å²) in [5, 5.41) is 2.90. The number of hydrogen-bond acceptors (Lipinski definition) is 4. The van der Waals surface area contributed by atoms with E-state index in [0.717, 1.165) is 19.1 Å². The highest BCUT2D eigenvalue weighted by Crippen LogP contribution is 2.29. The predicted molar refractivity (Wildman–Crippen MR) is 85.1 cm³/mol. The zero-order chi connectivity index (χ0) is 16.5. The molecule has 1 heterocycles. The smallest absolute Gasteiger partial charge is 0.252 e. The number of halogens is 1. The van der Waals surface area contributed by atoms with Crippen molar-refractivity contribution < 1.29 is 17.9 Å². The van der Waals surface area contributed by atoms with Gasteiger partial charge in [-0.3, -0.25) is 4.79 Å². The Hall–Kier alpha value is -1.11. The highest BCUT2D eigenvalue weighted by atomic mass is 35.5. The van der Waals surface area contributed by atoms with Crippen molar-refractivity contribution >= 4 is 27.3 Å². The molecule has 0 saturated carbocycles. The first-order valence-corrected chi connectivity index (χ1v) is 9.31. The van der Waals surface area contributed by atoms with E-state index >= 15 is 0 Å². The summed E-state index contributed by atoms with van der Waals surface area (Å²) < 4.78 is 28.7. The Morgan fingerprint density at radius 2 is 2.14 bits per heavy atom. The van der Waals surface area contributed by atoms with Crippen LogP contribution < -0.4 is 5.32 Å². The van der Waals surface area contributed by atoms with Crippen LogP contribution in [0.25, 0.3) is 0 Å². The van der Waals surface area contributed by atoms with Gasteiger partial charge in [0.1, 0.15) is 0 Å². The fourth-order valence-corrected chi connectivity index (χ4v) is 3.41. The Balaban J connectivity index is 2.01. The molecule has 122 valence electrons. The second-order valence-corrected chi connectivity index (χ2v) is 8.59. The lowest BCUT2D eigenvalue weighted by atomic mass is 10.1. The number of amides is 1. The van der Waals surface area contributed by atoms with Crippen LogP contribution in [0.3, 0.4) is 0 Å². The normalized spacial score (nSPS) is 20.8. The van der Waals surface area contributed by atoms with Gasteiger partial charge in [-0.25, -0.2) is 8.42 Å². The first-order chi connectivity index (χ1) is 10.1. The third-order valence-electron chi connectivity index (χ3n) is 3.66. The molecule has 1 unspecified atom stereocenters. The van der Waals surface area contributed by atoms with E-state index in [4.69, 9.17) is 16.3 Å². The molecule has 1 fully saturated rings. The maximum atomic E-state index is 12.1. The van der Waals surface area contributed by atoms with Gasteiger partial charge in [0.2, 0.25) is 0 Å². The van der Waals surface area contributed by atoms with Gasteiger partial charge in [0.25, 0.3) is 5.91 Å². The number of ether oxygens (including phenoxy) is 1. The van der Waals surface area contributed by atoms with Gasteiger partial charge in [0.15, 0.2) is 9.84 Å². The van der Waals surface area contributed by atoms with Crippen LogP contribution >= 0.6 is 11.6 Å². The molecule has 1 amide bonds. The van der Waals surface area contributed by atoms with Crippen LogP contribution in [0, 0.1) is 0 Å². The molecule has 1 N–H and O–H groups in total. The van der Waals surface area contributed by atoms with Gasteiger partial charge >= 0.3 is 0 Å². The number of nitrogens with one attached hydrogen (secondary N) is 1. The van der Waals surface area contributed by atoms with Gasteiger partial charge in [0.05, 0.1) is 27.2 Å². The van der Waals surface area contributed by atoms with Crippen LogP contribution in [-0.4, -0.2) is 38.8 Å². The number of carbonyl (C=O) groups excluding carboxylic acids is 1. The van der Waals surface area contributed by atoms with Gasteiger partial charge in [-0.1, -0.05) is 11.6 Å². The molecule has 1 aromatic carbocycles. The molecule has 0 aliphatic carbocycles. The van der Waals surface area contributed by atoms with Crippen LogP contribution in [0.5, 0.6) is 0 Å². The molecule has 22 heavy (non-hydrogen) atoms. The van der Waals surface area contributed by atoms with Crippen molar-refractivity contribution in [3.8, 4) is 0 Å². The third-order valence-corrected chi connectivity index (χ3v) is 5.08. The lowest BCUT2D eigenvalue weighted by Crippen LogP contribution is -2.33. The van der Waals surface area contributed by atoms with Crippen LogP contribution in [0.15, 0.2) is 23.1 Å². The topological polar surface area (TPSA) is 72.5 Å². The maximum absolute atomic E-state index is 12.1. The monoisotopic (exact) mass is 345 g/mol. The molecule has 1 atom stereocenters. The molecule has 0 radical (unpaired) electrons. The van der Waals surface area contributed by atoms with Gasteiger partial charge in [-0.05, 0) is 44.9 Å². The number of sulfone groups is 1. The van der Waals surface area contributed by atoms with Crippen molar-refractivity contribution in [1.82, 2.24) is 5.32 Å². The van der Waals surface area contributed by atoms with Crippen LogP contribution in [0.4, 0.5) is 0 Å². The van der Waals surface area contributed by atoms with E-state index in [1.807, 2.05) is 13.8 Å². The maximum Gasteiger partial charge on any atom is 0.252 e. The number of rotatable bonds is 4. The van der Waals surface area contributed by atoms with Crippen molar-refractivity contribution in [2.75, 3.05) is 12.8 Å². The fraction of sp³-hybridized carbons (Fsp3) is 0.533. The number of carbonyl (C=O) groups is 1. The zero-order valence-corrected chi connectivity index (χ0v) is 14.4. The molecule has 0 spiro atoms. The molecule has 5 nitrogen and oxygen atoms in total. The summed E-state index contributed by atoms with van der Waals surface area (Å²) in [5.74, 6) is -0.335. The second-order valence-electron chi connectivity index (χ2n) is 6.16. The first kappa shape index (κ1) is 17.2. The van der Waals surface area contributed by atoms with Crippen molar-refractivity contribution in [1.29, 1.82) is 0 Å². The Morgan fingerprint density at radius 1 is 1.45 bits per heavy atom. The minimum absolute atomic E-state index is 0.00646. The molecule has 7 heteroatoms. The molecule has 1 aliphatic heterocycles. The predicted octanol–water partition coefficient (Wildman–Crippen LogP) is 2.43. The lowest BCUT2D eigenvalue weighted by Gasteiger charge is -2.19. The quantitative estimate of drug-likeness (QED) is 0.909. The molecule has 1 aliphatic rings. The molecule has 0 aromatic heterocycles. The summed E-state index contributed by atoms with van der Waals surface area (Å²) in [6, 6.07) is 4.10. The Bertz CT molecular complexity index is 685. The van der Waals surface area contributed by atoms with E-state index in [1.165, 1.54) is 18.2 Å². The Labute approximate surface area is 135 Å². The highest BCUT2D eigenvalue weighted by Gasteiger charge is 2.31. The largest absolute Gasteiger partial charge is 0.371 e. The van der Waals surface area contributed by atoms with E-state index in [2.05, 4.69) is 5.32 Å². The molecule has 1 saturated heterocycles. The average molecular weight is 346 g/mol. The van der Waals surface area contributed by atoms with Gasteiger partial charge in [-0.2, -0.15) is 0 Å². The lowest BCUT2D eigenvalue weighted by molar-refractivity contribution is -0.0138. The summed E-state index contributed by atoms with van der Waals surface area (Å²) in [6.45, 7) is 4.46. The van der Waals surface area contributed by atoms with Crippen LogP contribution in [-0.2, 0) is 14.6 Å². The number of hydrogen-bond donors (Lipinski definition) is 1.